The Hall–Kier alpha value is -3.86. The lowest BCUT2D eigenvalue weighted by molar-refractivity contribution is -0.149. The second-order valence-corrected chi connectivity index (χ2v) is 13.1. The molecule has 0 radical (unpaired) electrons. The Balaban J connectivity index is 1.59. The van der Waals surface area contributed by atoms with Gasteiger partial charge < -0.3 is 30.3 Å². The molecular formula is C36H47FN4O5. The maximum absolute atomic E-state index is 14.4. The molecule has 1 heterocycles. The summed E-state index contributed by atoms with van der Waals surface area (Å²) in [6.45, 7) is 4.87. The first-order valence-electron chi connectivity index (χ1n) is 15.9. The minimum atomic E-state index is -0.959. The van der Waals surface area contributed by atoms with E-state index in [1.54, 1.807) is 26.2 Å². The summed E-state index contributed by atoms with van der Waals surface area (Å²) in [6, 6.07) is 18.0. The van der Waals surface area contributed by atoms with Crippen LogP contribution in [0.1, 0.15) is 37.8 Å². The predicted octanol–water partition coefficient (Wildman–Crippen LogP) is 3.32. The highest BCUT2D eigenvalue weighted by Gasteiger charge is 2.36. The summed E-state index contributed by atoms with van der Waals surface area (Å²) in [5.74, 6) is -1.56. The van der Waals surface area contributed by atoms with Gasteiger partial charge in [0.1, 0.15) is 24.5 Å². The average Bonchev–Trinajstić information content (AvgIpc) is 3.58. The van der Waals surface area contributed by atoms with Crippen molar-refractivity contribution < 1.29 is 28.6 Å². The van der Waals surface area contributed by atoms with Crippen LogP contribution >= 0.6 is 0 Å². The first-order valence-corrected chi connectivity index (χ1v) is 15.9. The van der Waals surface area contributed by atoms with E-state index >= 15 is 0 Å². The molecule has 10 heteroatoms. The van der Waals surface area contributed by atoms with Gasteiger partial charge in [-0.05, 0) is 53.4 Å². The predicted molar refractivity (Wildman–Crippen MR) is 177 cm³/mol. The highest BCUT2D eigenvalue weighted by molar-refractivity contribution is 5.92. The van der Waals surface area contributed by atoms with Crippen molar-refractivity contribution in [3.8, 4) is 0 Å². The van der Waals surface area contributed by atoms with Crippen LogP contribution in [0.3, 0.4) is 0 Å². The summed E-state index contributed by atoms with van der Waals surface area (Å²) in [4.78, 5) is 44.3. The summed E-state index contributed by atoms with van der Waals surface area (Å²) >= 11 is 0. The van der Waals surface area contributed by atoms with Crippen molar-refractivity contribution in [3.05, 3.63) is 83.7 Å². The minimum absolute atomic E-state index is 0.131. The lowest BCUT2D eigenvalue weighted by atomic mass is 9.94. The molecule has 46 heavy (non-hydrogen) atoms. The number of likely N-dealkylation sites (N-methyl/N-ethyl adjacent to an activating group) is 2. The van der Waals surface area contributed by atoms with E-state index in [1.165, 1.54) is 21.9 Å². The zero-order valence-electron chi connectivity index (χ0n) is 27.3. The number of hydrogen-bond donors (Lipinski definition) is 3. The molecule has 248 valence electrons. The van der Waals surface area contributed by atoms with Crippen molar-refractivity contribution in [1.29, 1.82) is 0 Å². The molecule has 0 spiro atoms. The number of carbonyl (C=O) groups is 3. The van der Waals surface area contributed by atoms with Gasteiger partial charge in [-0.1, -0.05) is 68.4 Å². The topological polar surface area (TPSA) is 111 Å². The quantitative estimate of drug-likeness (QED) is 0.237. The van der Waals surface area contributed by atoms with Crippen LogP contribution < -0.4 is 10.6 Å². The fourth-order valence-electron chi connectivity index (χ4n) is 5.58. The van der Waals surface area contributed by atoms with Crippen molar-refractivity contribution in [1.82, 2.24) is 20.4 Å². The number of benzene rings is 3. The van der Waals surface area contributed by atoms with Gasteiger partial charge in [-0.25, -0.2) is 4.39 Å². The van der Waals surface area contributed by atoms with E-state index in [4.69, 9.17) is 4.74 Å². The van der Waals surface area contributed by atoms with E-state index in [1.807, 2.05) is 56.3 Å². The molecule has 1 fully saturated rings. The summed E-state index contributed by atoms with van der Waals surface area (Å²) in [6.07, 6.45) is 2.42. The van der Waals surface area contributed by atoms with Crippen LogP contribution in [0.2, 0.25) is 0 Å². The lowest BCUT2D eigenvalue weighted by Gasteiger charge is -2.35. The zero-order valence-corrected chi connectivity index (χ0v) is 27.3. The molecule has 9 nitrogen and oxygen atoms in total. The van der Waals surface area contributed by atoms with Gasteiger partial charge in [0, 0.05) is 51.5 Å². The number of carbonyl (C=O) groups excluding carboxylic acids is 3. The smallest absolute Gasteiger partial charge is 0.249 e. The Morgan fingerprint density at radius 2 is 1.65 bits per heavy atom. The third kappa shape index (κ3) is 9.57. The van der Waals surface area contributed by atoms with Crippen molar-refractivity contribution in [2.45, 2.75) is 57.7 Å². The van der Waals surface area contributed by atoms with E-state index in [0.29, 0.717) is 12.2 Å². The van der Waals surface area contributed by atoms with Crippen LogP contribution in [0.5, 0.6) is 0 Å². The maximum Gasteiger partial charge on any atom is 0.249 e. The van der Waals surface area contributed by atoms with E-state index in [2.05, 4.69) is 10.6 Å². The monoisotopic (exact) mass is 634 g/mol. The fourth-order valence-corrected chi connectivity index (χ4v) is 5.58. The first-order chi connectivity index (χ1) is 22.0. The van der Waals surface area contributed by atoms with Gasteiger partial charge >= 0.3 is 0 Å². The molecular weight excluding hydrogens is 587 g/mol. The zero-order chi connectivity index (χ0) is 33.3. The second-order valence-electron chi connectivity index (χ2n) is 13.1. The van der Waals surface area contributed by atoms with Gasteiger partial charge in [0.2, 0.25) is 17.7 Å². The van der Waals surface area contributed by atoms with E-state index in [-0.39, 0.29) is 44.5 Å². The molecule has 3 aromatic rings. The molecule has 0 aromatic heterocycles. The Kier molecular flexibility index (Phi) is 12.3. The Morgan fingerprint density at radius 1 is 0.978 bits per heavy atom. The summed E-state index contributed by atoms with van der Waals surface area (Å²) < 4.78 is 19.4. The molecule has 3 amide bonds. The van der Waals surface area contributed by atoms with Crippen LogP contribution in [-0.2, 0) is 32.0 Å². The number of nitrogens with zero attached hydrogens (tertiary/aromatic N) is 2. The third-order valence-corrected chi connectivity index (χ3v) is 8.73. The summed E-state index contributed by atoms with van der Waals surface area (Å²) in [5, 5.41) is 18.0. The van der Waals surface area contributed by atoms with Crippen LogP contribution in [0.15, 0.2) is 66.7 Å². The van der Waals surface area contributed by atoms with Crippen molar-refractivity contribution in [2.75, 3.05) is 47.0 Å². The number of hydrogen-bond acceptors (Lipinski definition) is 6. The van der Waals surface area contributed by atoms with Crippen LogP contribution in [0.4, 0.5) is 4.39 Å². The van der Waals surface area contributed by atoms with Gasteiger partial charge in [-0.15, -0.1) is 0 Å². The SMILES string of the molecule is CN(C(=O)COCC1CCCN1)C(Cc1ccc2ccccc2c1)C(=O)N(C)C(Cc1ccc(F)cc1)C(=O)NCC(C)(C)CO. The molecule has 1 saturated heterocycles. The maximum atomic E-state index is 14.4. The molecule has 4 rings (SSSR count). The third-order valence-electron chi connectivity index (χ3n) is 8.73. The Morgan fingerprint density at radius 3 is 2.33 bits per heavy atom. The number of fused-ring (bicyclic) bond motifs is 1. The second kappa shape index (κ2) is 16.1. The van der Waals surface area contributed by atoms with Crippen LogP contribution in [-0.4, -0.2) is 97.8 Å². The number of nitrogens with one attached hydrogen (secondary N) is 2. The van der Waals surface area contributed by atoms with Crippen LogP contribution in [0, 0.1) is 11.2 Å². The van der Waals surface area contributed by atoms with Crippen molar-refractivity contribution >= 4 is 28.5 Å². The van der Waals surface area contributed by atoms with Crippen molar-refractivity contribution in [2.24, 2.45) is 5.41 Å². The molecule has 1 aliphatic heterocycles. The molecule has 3 unspecified atom stereocenters. The van der Waals surface area contributed by atoms with Gasteiger partial charge in [0.15, 0.2) is 0 Å². The number of ether oxygens (including phenoxy) is 1. The molecule has 3 atom stereocenters. The standard InChI is InChI=1S/C36H47FN4O5/c1-36(2,24-42)23-39-34(44)31(19-25-12-15-29(37)16-13-25)41(4)35(45)32(20-26-11-14-27-8-5-6-9-28(27)18-26)40(3)33(43)22-46-21-30-10-7-17-38-30/h5-6,8-9,11-16,18,30-32,38,42H,7,10,17,19-24H2,1-4H3,(H,39,44). The van der Waals surface area contributed by atoms with Crippen LogP contribution in [0.25, 0.3) is 10.8 Å². The number of halogens is 1. The summed E-state index contributed by atoms with van der Waals surface area (Å²) in [5.41, 5.74) is 0.968. The van der Waals surface area contributed by atoms with Crippen molar-refractivity contribution in [3.63, 3.8) is 0 Å². The summed E-state index contributed by atoms with van der Waals surface area (Å²) in [7, 11) is 3.15. The number of aliphatic hydroxyl groups excluding tert-OH is 1. The highest BCUT2D eigenvalue weighted by Crippen LogP contribution is 2.21. The van der Waals surface area contributed by atoms with Gasteiger partial charge in [0.05, 0.1) is 6.61 Å². The van der Waals surface area contributed by atoms with Gasteiger partial charge in [0.25, 0.3) is 0 Å². The molecule has 3 N–H and O–H groups in total. The molecule has 1 aliphatic rings. The van der Waals surface area contributed by atoms with E-state index in [9.17, 15) is 23.9 Å². The molecule has 0 bridgehead atoms. The largest absolute Gasteiger partial charge is 0.396 e. The average molecular weight is 635 g/mol. The molecule has 0 aliphatic carbocycles. The van der Waals surface area contributed by atoms with Gasteiger partial charge in [-0.2, -0.15) is 0 Å². The number of amides is 3. The number of aliphatic hydroxyl groups is 1. The Labute approximate surface area is 271 Å². The highest BCUT2D eigenvalue weighted by atomic mass is 19.1. The molecule has 0 saturated carbocycles. The first kappa shape index (κ1) is 35.0. The van der Waals surface area contributed by atoms with E-state index < -0.39 is 35.1 Å². The van der Waals surface area contributed by atoms with Gasteiger partial charge in [-0.3, -0.25) is 14.4 Å². The number of rotatable bonds is 15. The minimum Gasteiger partial charge on any atom is -0.396 e. The molecule has 3 aromatic carbocycles. The Bertz CT molecular complexity index is 1470. The fraction of sp³-hybridized carbons (Fsp3) is 0.472. The van der Waals surface area contributed by atoms with E-state index in [0.717, 1.165) is 35.7 Å². The normalized spacial score (nSPS) is 16.2. The lowest BCUT2D eigenvalue weighted by Crippen LogP contribution is -2.57.